The molecule has 0 aromatic carbocycles. The van der Waals surface area contributed by atoms with Gasteiger partial charge in [0.15, 0.2) is 0 Å². The highest BCUT2D eigenvalue weighted by molar-refractivity contribution is 5.87. The molecule has 2 aliphatic heterocycles. The predicted molar refractivity (Wildman–Crippen MR) is 60.2 cm³/mol. The molecular weight excluding hydrogens is 263 g/mol. The van der Waals surface area contributed by atoms with E-state index in [0.717, 1.165) is 4.90 Å². The number of piperazine rings is 1. The van der Waals surface area contributed by atoms with Gasteiger partial charge < -0.3 is 10.2 Å². The first-order valence-electron chi connectivity index (χ1n) is 6.18. The van der Waals surface area contributed by atoms with Crippen LogP contribution in [0.3, 0.4) is 0 Å². The molecule has 0 aromatic heterocycles. The van der Waals surface area contributed by atoms with E-state index in [1.165, 1.54) is 0 Å². The van der Waals surface area contributed by atoms with Crippen molar-refractivity contribution in [3.05, 3.63) is 0 Å². The molecule has 5 nitrogen and oxygen atoms in total. The standard InChI is InChI=1S/C11H16F3N3O2/c1-7-9(18)15-3-5-17(7)8-2-4-16(10(8)19)6-11(12,13)14/h7-8H,2-6H2,1H3,(H,15,18). The Kier molecular flexibility index (Phi) is 3.71. The van der Waals surface area contributed by atoms with Gasteiger partial charge in [-0.05, 0) is 13.3 Å². The molecular formula is C11H16F3N3O2. The number of nitrogens with one attached hydrogen (secondary N) is 1. The fraction of sp³-hybridized carbons (Fsp3) is 0.818. The van der Waals surface area contributed by atoms with Gasteiger partial charge in [-0.15, -0.1) is 0 Å². The van der Waals surface area contributed by atoms with Crippen LogP contribution in [0, 0.1) is 0 Å². The van der Waals surface area contributed by atoms with Crippen LogP contribution < -0.4 is 5.32 Å². The van der Waals surface area contributed by atoms with Gasteiger partial charge in [0.05, 0.1) is 12.1 Å². The molecule has 2 atom stereocenters. The quantitative estimate of drug-likeness (QED) is 0.772. The van der Waals surface area contributed by atoms with E-state index in [4.69, 9.17) is 0 Å². The normalized spacial score (nSPS) is 29.8. The number of hydrogen-bond acceptors (Lipinski definition) is 3. The molecule has 0 saturated carbocycles. The van der Waals surface area contributed by atoms with Crippen molar-refractivity contribution < 1.29 is 22.8 Å². The molecule has 8 heteroatoms. The zero-order valence-electron chi connectivity index (χ0n) is 10.5. The molecule has 1 N–H and O–H groups in total. The maximum absolute atomic E-state index is 12.3. The summed E-state index contributed by atoms with van der Waals surface area (Å²) in [7, 11) is 0. The fourth-order valence-electron chi connectivity index (χ4n) is 2.63. The van der Waals surface area contributed by atoms with E-state index in [1.54, 1.807) is 11.8 Å². The molecule has 2 saturated heterocycles. The van der Waals surface area contributed by atoms with E-state index in [-0.39, 0.29) is 12.5 Å². The summed E-state index contributed by atoms with van der Waals surface area (Å²) in [5.41, 5.74) is 0. The lowest BCUT2D eigenvalue weighted by molar-refractivity contribution is -0.159. The van der Waals surface area contributed by atoms with Gasteiger partial charge >= 0.3 is 6.18 Å². The Morgan fingerprint density at radius 3 is 2.63 bits per heavy atom. The van der Waals surface area contributed by atoms with Gasteiger partial charge in [0, 0.05) is 19.6 Å². The highest BCUT2D eigenvalue weighted by Crippen LogP contribution is 2.24. The van der Waals surface area contributed by atoms with E-state index in [9.17, 15) is 22.8 Å². The minimum atomic E-state index is -4.38. The van der Waals surface area contributed by atoms with Crippen LogP contribution in [0.1, 0.15) is 13.3 Å². The second-order valence-corrected chi connectivity index (χ2v) is 4.88. The number of nitrogens with zero attached hydrogens (tertiary/aromatic N) is 2. The Balaban J connectivity index is 2.03. The largest absolute Gasteiger partial charge is 0.406 e. The van der Waals surface area contributed by atoms with Gasteiger partial charge in [-0.1, -0.05) is 0 Å². The molecule has 2 aliphatic rings. The van der Waals surface area contributed by atoms with Crippen LogP contribution in [0.25, 0.3) is 0 Å². The van der Waals surface area contributed by atoms with Crippen LogP contribution in [-0.4, -0.2) is 66.1 Å². The average Bonchev–Trinajstić information content (AvgIpc) is 2.63. The summed E-state index contributed by atoms with van der Waals surface area (Å²) >= 11 is 0. The van der Waals surface area contributed by atoms with Crippen molar-refractivity contribution in [2.24, 2.45) is 0 Å². The van der Waals surface area contributed by atoms with Crippen LogP contribution in [0.4, 0.5) is 13.2 Å². The summed E-state index contributed by atoms with van der Waals surface area (Å²) in [5.74, 6) is -0.716. The third-order valence-corrected chi connectivity index (χ3v) is 3.59. The molecule has 2 rings (SSSR count). The number of amides is 2. The maximum Gasteiger partial charge on any atom is 0.406 e. The van der Waals surface area contributed by atoms with Crippen LogP contribution in [-0.2, 0) is 9.59 Å². The molecule has 2 heterocycles. The summed E-state index contributed by atoms with van der Waals surface area (Å²) in [6.45, 7) is 1.45. The topological polar surface area (TPSA) is 52.7 Å². The SMILES string of the molecule is CC1C(=O)NCCN1C1CCN(CC(F)(F)F)C1=O. The third kappa shape index (κ3) is 2.99. The number of halogens is 3. The number of carbonyl (C=O) groups excluding carboxylic acids is 2. The van der Waals surface area contributed by atoms with Crippen LogP contribution in [0.15, 0.2) is 0 Å². The maximum atomic E-state index is 12.3. The number of alkyl halides is 3. The molecule has 2 fully saturated rings. The Hall–Kier alpha value is -1.31. The van der Waals surface area contributed by atoms with Gasteiger partial charge in [0.25, 0.3) is 0 Å². The minimum Gasteiger partial charge on any atom is -0.353 e. The first kappa shape index (κ1) is 14.1. The number of carbonyl (C=O) groups is 2. The third-order valence-electron chi connectivity index (χ3n) is 3.59. The first-order valence-corrected chi connectivity index (χ1v) is 6.18. The van der Waals surface area contributed by atoms with Gasteiger partial charge in [0.2, 0.25) is 11.8 Å². The number of rotatable bonds is 2. The Morgan fingerprint density at radius 2 is 2.00 bits per heavy atom. The highest BCUT2D eigenvalue weighted by atomic mass is 19.4. The van der Waals surface area contributed by atoms with Crippen molar-refractivity contribution in [2.45, 2.75) is 31.6 Å². The lowest BCUT2D eigenvalue weighted by atomic mass is 10.1. The summed E-state index contributed by atoms with van der Waals surface area (Å²) in [6.07, 6.45) is -4.04. The van der Waals surface area contributed by atoms with Crippen LogP contribution in [0.5, 0.6) is 0 Å². The van der Waals surface area contributed by atoms with Gasteiger partial charge in [0.1, 0.15) is 6.54 Å². The molecule has 0 aromatic rings. The van der Waals surface area contributed by atoms with Crippen molar-refractivity contribution in [1.29, 1.82) is 0 Å². The van der Waals surface area contributed by atoms with Crippen molar-refractivity contribution in [2.75, 3.05) is 26.2 Å². The summed E-state index contributed by atoms with van der Waals surface area (Å²) < 4.78 is 37.0. The second-order valence-electron chi connectivity index (χ2n) is 4.88. The zero-order chi connectivity index (χ0) is 14.2. The molecule has 0 bridgehead atoms. The van der Waals surface area contributed by atoms with E-state index >= 15 is 0 Å². The Labute approximate surface area is 108 Å². The van der Waals surface area contributed by atoms with Gasteiger partial charge in [-0.3, -0.25) is 14.5 Å². The summed E-state index contributed by atoms with van der Waals surface area (Å²) in [4.78, 5) is 26.0. The van der Waals surface area contributed by atoms with Crippen molar-refractivity contribution in [1.82, 2.24) is 15.1 Å². The predicted octanol–water partition coefficient (Wildman–Crippen LogP) is -0.0301. The highest BCUT2D eigenvalue weighted by Gasteiger charge is 2.44. The van der Waals surface area contributed by atoms with Crippen LogP contribution >= 0.6 is 0 Å². The van der Waals surface area contributed by atoms with Crippen LogP contribution in [0.2, 0.25) is 0 Å². The zero-order valence-corrected chi connectivity index (χ0v) is 10.5. The molecule has 0 radical (unpaired) electrons. The van der Waals surface area contributed by atoms with Gasteiger partial charge in [-0.25, -0.2) is 0 Å². The minimum absolute atomic E-state index is 0.0911. The van der Waals surface area contributed by atoms with Gasteiger partial charge in [-0.2, -0.15) is 13.2 Å². The Morgan fingerprint density at radius 1 is 1.32 bits per heavy atom. The average molecular weight is 279 g/mol. The van der Waals surface area contributed by atoms with E-state index in [1.807, 2.05) is 0 Å². The van der Waals surface area contributed by atoms with E-state index in [2.05, 4.69) is 5.32 Å². The van der Waals surface area contributed by atoms with E-state index in [0.29, 0.717) is 19.5 Å². The smallest absolute Gasteiger partial charge is 0.353 e. The fourth-order valence-corrected chi connectivity index (χ4v) is 2.63. The second kappa shape index (κ2) is 4.99. The Bertz CT molecular complexity index is 386. The van der Waals surface area contributed by atoms with Crippen molar-refractivity contribution >= 4 is 11.8 Å². The van der Waals surface area contributed by atoms with E-state index < -0.39 is 30.7 Å². The summed E-state index contributed by atoms with van der Waals surface area (Å²) in [5, 5.41) is 2.66. The summed E-state index contributed by atoms with van der Waals surface area (Å²) in [6, 6.07) is -1.09. The lowest BCUT2D eigenvalue weighted by Crippen LogP contribution is -2.58. The number of hydrogen-bond donors (Lipinski definition) is 1. The van der Waals surface area contributed by atoms with Crippen molar-refractivity contribution in [3.63, 3.8) is 0 Å². The monoisotopic (exact) mass is 279 g/mol. The first-order chi connectivity index (χ1) is 8.79. The molecule has 0 spiro atoms. The molecule has 2 unspecified atom stereocenters. The molecule has 0 aliphatic carbocycles. The molecule has 19 heavy (non-hydrogen) atoms. The number of likely N-dealkylation sites (tertiary alicyclic amines) is 1. The van der Waals surface area contributed by atoms with Crippen molar-refractivity contribution in [3.8, 4) is 0 Å². The molecule has 108 valence electrons. The molecule has 2 amide bonds. The lowest BCUT2D eigenvalue weighted by Gasteiger charge is -2.36.